The van der Waals surface area contributed by atoms with Gasteiger partial charge >= 0.3 is 0 Å². The summed E-state index contributed by atoms with van der Waals surface area (Å²) in [7, 11) is -8.87. The van der Waals surface area contributed by atoms with Crippen LogP contribution in [0.5, 0.6) is 0 Å². The minimum absolute atomic E-state index is 0.0540. The summed E-state index contributed by atoms with van der Waals surface area (Å²) in [4.78, 5) is 10.9. The Labute approximate surface area is 162 Å². The summed E-state index contributed by atoms with van der Waals surface area (Å²) in [6.45, 7) is 4.17. The molecule has 0 aliphatic carbocycles. The van der Waals surface area contributed by atoms with Gasteiger partial charge in [0.2, 0.25) is 5.91 Å². The van der Waals surface area contributed by atoms with Crippen LogP contribution in [0.2, 0.25) is 0 Å². The molecule has 0 atom stereocenters. The lowest BCUT2D eigenvalue weighted by molar-refractivity contribution is -0.114. The SMILES string of the molecule is C=CS(=O)(=O)c1cc(S(=O)(=O)O)c(NCC(=O)Nc2ccccc2)c(N)c1C. The standard InChI is InChI=1S/C17H19N3O6S2/c1-3-27(22,23)13-9-14(28(24,25)26)17(16(18)11(13)2)19-10-15(21)20-12-7-5-4-6-8-12/h3-9,19H,1,10,18H2,2H3,(H,20,21)(H,24,25,26). The number of para-hydroxylation sites is 1. The Morgan fingerprint density at radius 2 is 1.79 bits per heavy atom. The number of nitrogens with two attached hydrogens (primary N) is 1. The second-order valence-corrected chi connectivity index (χ2v) is 8.99. The van der Waals surface area contributed by atoms with Crippen molar-refractivity contribution >= 4 is 42.9 Å². The molecule has 0 aliphatic heterocycles. The van der Waals surface area contributed by atoms with Crippen molar-refractivity contribution in [3.05, 3.63) is 53.9 Å². The second kappa shape index (κ2) is 8.00. The third kappa shape index (κ3) is 4.68. The molecule has 0 bridgehead atoms. The number of amides is 1. The third-order valence-electron chi connectivity index (χ3n) is 3.84. The van der Waals surface area contributed by atoms with E-state index in [4.69, 9.17) is 5.73 Å². The zero-order valence-corrected chi connectivity index (χ0v) is 16.5. The molecule has 150 valence electrons. The van der Waals surface area contributed by atoms with Gasteiger partial charge < -0.3 is 16.4 Å². The summed E-state index contributed by atoms with van der Waals surface area (Å²) in [6, 6.07) is 9.31. The smallest absolute Gasteiger partial charge is 0.296 e. The van der Waals surface area contributed by atoms with Gasteiger partial charge in [0.1, 0.15) is 4.90 Å². The molecule has 0 aliphatic rings. The van der Waals surface area contributed by atoms with Crippen LogP contribution in [0.3, 0.4) is 0 Å². The summed E-state index contributed by atoms with van der Waals surface area (Å²) >= 11 is 0. The normalized spacial score (nSPS) is 11.6. The largest absolute Gasteiger partial charge is 0.397 e. The van der Waals surface area contributed by atoms with Crippen molar-refractivity contribution in [2.24, 2.45) is 0 Å². The summed E-state index contributed by atoms with van der Waals surface area (Å²) in [5.41, 5.74) is 5.98. The predicted molar refractivity (Wildman–Crippen MR) is 106 cm³/mol. The molecular weight excluding hydrogens is 406 g/mol. The van der Waals surface area contributed by atoms with Gasteiger partial charge in [0.25, 0.3) is 10.1 Å². The highest BCUT2D eigenvalue weighted by Gasteiger charge is 2.26. The van der Waals surface area contributed by atoms with E-state index in [9.17, 15) is 26.2 Å². The molecule has 11 heteroatoms. The van der Waals surface area contributed by atoms with Crippen LogP contribution in [0, 0.1) is 6.92 Å². The van der Waals surface area contributed by atoms with E-state index in [2.05, 4.69) is 17.2 Å². The van der Waals surface area contributed by atoms with Gasteiger partial charge in [-0.25, -0.2) is 8.42 Å². The van der Waals surface area contributed by atoms with Gasteiger partial charge in [0.05, 0.1) is 22.8 Å². The summed E-state index contributed by atoms with van der Waals surface area (Å²) in [6.07, 6.45) is 0. The molecule has 0 aromatic heterocycles. The van der Waals surface area contributed by atoms with Gasteiger partial charge in [-0.15, -0.1) is 0 Å². The lowest BCUT2D eigenvalue weighted by atomic mass is 10.1. The highest BCUT2D eigenvalue weighted by atomic mass is 32.2. The molecule has 2 aromatic rings. The molecule has 0 saturated heterocycles. The number of carbonyl (C=O) groups excluding carboxylic acids is 1. The lowest BCUT2D eigenvalue weighted by Crippen LogP contribution is -2.23. The van der Waals surface area contributed by atoms with Gasteiger partial charge in [0.15, 0.2) is 9.84 Å². The Morgan fingerprint density at radius 3 is 2.32 bits per heavy atom. The number of anilines is 3. The molecule has 2 aromatic carbocycles. The maximum Gasteiger partial charge on any atom is 0.296 e. The number of carbonyl (C=O) groups is 1. The fraction of sp³-hybridized carbons (Fsp3) is 0.118. The molecule has 28 heavy (non-hydrogen) atoms. The Hall–Kier alpha value is -2.89. The van der Waals surface area contributed by atoms with E-state index >= 15 is 0 Å². The first-order valence-corrected chi connectivity index (χ1v) is 10.8. The minimum Gasteiger partial charge on any atom is -0.397 e. The van der Waals surface area contributed by atoms with Crippen molar-refractivity contribution in [3.8, 4) is 0 Å². The van der Waals surface area contributed by atoms with Gasteiger partial charge in [-0.1, -0.05) is 24.8 Å². The molecule has 0 radical (unpaired) electrons. The van der Waals surface area contributed by atoms with Crippen LogP contribution >= 0.6 is 0 Å². The molecule has 0 saturated carbocycles. The van der Waals surface area contributed by atoms with Crippen LogP contribution in [0.25, 0.3) is 0 Å². The molecule has 1 amide bonds. The fourth-order valence-corrected chi connectivity index (χ4v) is 4.20. The number of rotatable bonds is 7. The van der Waals surface area contributed by atoms with E-state index in [1.165, 1.54) is 6.92 Å². The van der Waals surface area contributed by atoms with Crippen molar-refractivity contribution in [1.29, 1.82) is 0 Å². The molecule has 9 nitrogen and oxygen atoms in total. The Morgan fingerprint density at radius 1 is 1.18 bits per heavy atom. The monoisotopic (exact) mass is 425 g/mol. The minimum atomic E-state index is -4.84. The van der Waals surface area contributed by atoms with Crippen LogP contribution in [0.15, 0.2) is 58.2 Å². The molecule has 0 fully saturated rings. The Bertz CT molecular complexity index is 1130. The Balaban J connectivity index is 2.42. The van der Waals surface area contributed by atoms with Crippen LogP contribution in [0.4, 0.5) is 17.1 Å². The van der Waals surface area contributed by atoms with Crippen LogP contribution in [0.1, 0.15) is 5.56 Å². The van der Waals surface area contributed by atoms with E-state index in [1.54, 1.807) is 30.3 Å². The zero-order valence-electron chi connectivity index (χ0n) is 14.8. The molecule has 5 N–H and O–H groups in total. The maximum atomic E-state index is 12.1. The van der Waals surface area contributed by atoms with Crippen molar-refractivity contribution in [3.63, 3.8) is 0 Å². The van der Waals surface area contributed by atoms with Gasteiger partial charge in [0, 0.05) is 11.1 Å². The summed E-state index contributed by atoms with van der Waals surface area (Å²) in [5.74, 6) is -0.507. The van der Waals surface area contributed by atoms with Crippen molar-refractivity contribution in [2.75, 3.05) is 22.9 Å². The van der Waals surface area contributed by atoms with Crippen molar-refractivity contribution in [2.45, 2.75) is 16.7 Å². The Kier molecular flexibility index (Phi) is 6.12. The van der Waals surface area contributed by atoms with Crippen LogP contribution < -0.4 is 16.4 Å². The van der Waals surface area contributed by atoms with Gasteiger partial charge in [-0.05, 0) is 30.7 Å². The fourth-order valence-electron chi connectivity index (χ4n) is 2.42. The quantitative estimate of drug-likeness (QED) is 0.386. The number of sulfone groups is 1. The number of hydrogen-bond acceptors (Lipinski definition) is 7. The van der Waals surface area contributed by atoms with Crippen LogP contribution in [-0.4, -0.2) is 33.8 Å². The third-order valence-corrected chi connectivity index (χ3v) is 6.19. The number of nitrogen functional groups attached to an aromatic ring is 1. The van der Waals surface area contributed by atoms with Gasteiger partial charge in [-0.2, -0.15) is 8.42 Å². The average molecular weight is 425 g/mol. The average Bonchev–Trinajstić information content (AvgIpc) is 2.62. The molecule has 0 unspecified atom stereocenters. The van der Waals surface area contributed by atoms with Crippen molar-refractivity contribution in [1.82, 2.24) is 0 Å². The summed E-state index contributed by atoms with van der Waals surface area (Å²) in [5, 5.41) is 5.78. The first kappa shape index (κ1) is 21.4. The number of hydrogen-bond donors (Lipinski definition) is 4. The van der Waals surface area contributed by atoms with Crippen LogP contribution in [-0.2, 0) is 24.7 Å². The topological polar surface area (TPSA) is 156 Å². The van der Waals surface area contributed by atoms with Gasteiger partial charge in [-0.3, -0.25) is 9.35 Å². The highest BCUT2D eigenvalue weighted by molar-refractivity contribution is 7.94. The molecule has 0 heterocycles. The molecule has 2 rings (SSSR count). The van der Waals surface area contributed by atoms with E-state index < -0.39 is 35.7 Å². The zero-order chi connectivity index (χ0) is 21.1. The molecule has 0 spiro atoms. The lowest BCUT2D eigenvalue weighted by Gasteiger charge is -2.17. The predicted octanol–water partition coefficient (Wildman–Crippen LogP) is 1.79. The molecular formula is C17H19N3O6S2. The first-order valence-electron chi connectivity index (χ1n) is 7.84. The van der Waals surface area contributed by atoms with E-state index in [0.717, 1.165) is 6.07 Å². The number of benzene rings is 2. The summed E-state index contributed by atoms with van der Waals surface area (Å²) < 4.78 is 57.2. The van der Waals surface area contributed by atoms with Crippen molar-refractivity contribution < 1.29 is 26.2 Å². The highest BCUT2D eigenvalue weighted by Crippen LogP contribution is 2.35. The number of nitrogens with one attached hydrogen (secondary N) is 2. The maximum absolute atomic E-state index is 12.1. The first-order chi connectivity index (χ1) is 13.0. The van der Waals surface area contributed by atoms with E-state index in [0.29, 0.717) is 11.1 Å². The second-order valence-electron chi connectivity index (χ2n) is 5.74. The van der Waals surface area contributed by atoms with E-state index in [1.807, 2.05) is 0 Å². The van der Waals surface area contributed by atoms with E-state index in [-0.39, 0.29) is 23.5 Å².